The summed E-state index contributed by atoms with van der Waals surface area (Å²) in [6, 6.07) is 16.1. The van der Waals surface area contributed by atoms with E-state index in [1.807, 2.05) is 0 Å². The molecule has 0 radical (unpaired) electrons. The quantitative estimate of drug-likeness (QED) is 0.255. The second kappa shape index (κ2) is 12.9. The summed E-state index contributed by atoms with van der Waals surface area (Å²) in [4.78, 5) is 38.5. The average Bonchev–Trinajstić information content (AvgIpc) is 2.92. The highest BCUT2D eigenvalue weighted by molar-refractivity contribution is 7.92. The molecule has 2 amide bonds. The zero-order valence-electron chi connectivity index (χ0n) is 21.1. The largest absolute Gasteiger partial charge is 0.357 e. The number of rotatable bonds is 11. The topological polar surface area (TPSA) is 130 Å². The number of nitrogens with zero attached hydrogens (tertiary/aromatic N) is 3. The van der Waals surface area contributed by atoms with Gasteiger partial charge in [0.25, 0.3) is 15.7 Å². The first-order chi connectivity index (χ1) is 18.5. The second-order valence-electron chi connectivity index (χ2n) is 8.40. The van der Waals surface area contributed by atoms with Gasteiger partial charge in [-0.25, -0.2) is 8.42 Å². The third kappa shape index (κ3) is 7.05. The predicted octanol–water partition coefficient (Wildman–Crippen LogP) is 4.65. The third-order valence-electron chi connectivity index (χ3n) is 5.93. The fraction of sp³-hybridized carbons (Fsp3) is 0.231. The van der Waals surface area contributed by atoms with Gasteiger partial charge in [-0.05, 0) is 42.3 Å². The molecule has 0 aromatic heterocycles. The second-order valence-corrected chi connectivity index (χ2v) is 11.1. The van der Waals surface area contributed by atoms with Crippen LogP contribution in [0.5, 0.6) is 0 Å². The van der Waals surface area contributed by atoms with Gasteiger partial charge in [-0.2, -0.15) is 0 Å². The Kier molecular flexibility index (Phi) is 9.90. The molecule has 3 aromatic carbocycles. The lowest BCUT2D eigenvalue weighted by molar-refractivity contribution is -0.384. The Morgan fingerprint density at radius 1 is 1.03 bits per heavy atom. The zero-order chi connectivity index (χ0) is 28.7. The number of nitrogens with one attached hydrogen (secondary N) is 1. The zero-order valence-corrected chi connectivity index (χ0v) is 23.4. The van der Waals surface area contributed by atoms with E-state index in [-0.39, 0.29) is 34.3 Å². The first kappa shape index (κ1) is 29.9. The number of benzene rings is 3. The molecule has 3 rings (SSSR count). The molecule has 10 nitrogen and oxygen atoms in total. The van der Waals surface area contributed by atoms with E-state index in [9.17, 15) is 28.1 Å². The molecular weight excluding hydrogens is 567 g/mol. The molecule has 0 heterocycles. The average molecular weight is 593 g/mol. The van der Waals surface area contributed by atoms with E-state index in [1.54, 1.807) is 25.1 Å². The fourth-order valence-corrected chi connectivity index (χ4v) is 5.82. The van der Waals surface area contributed by atoms with Crippen molar-refractivity contribution < 1.29 is 22.9 Å². The van der Waals surface area contributed by atoms with Crippen molar-refractivity contribution >= 4 is 56.4 Å². The maximum atomic E-state index is 13.9. The maximum Gasteiger partial charge on any atom is 0.271 e. The molecule has 0 saturated heterocycles. The maximum absolute atomic E-state index is 13.9. The number of anilines is 1. The van der Waals surface area contributed by atoms with Gasteiger partial charge in [0.15, 0.2) is 0 Å². The normalized spacial score (nSPS) is 11.9. The Balaban J connectivity index is 2.11. The van der Waals surface area contributed by atoms with Crippen LogP contribution >= 0.6 is 23.2 Å². The van der Waals surface area contributed by atoms with E-state index in [1.165, 1.54) is 60.5 Å². The first-order valence-electron chi connectivity index (χ1n) is 11.8. The number of hydrogen-bond acceptors (Lipinski definition) is 6. The highest BCUT2D eigenvalue weighted by atomic mass is 35.5. The summed E-state index contributed by atoms with van der Waals surface area (Å²) in [7, 11) is -2.92. The van der Waals surface area contributed by atoms with E-state index < -0.39 is 39.3 Å². The molecule has 1 unspecified atom stereocenters. The van der Waals surface area contributed by atoms with E-state index >= 15 is 0 Å². The molecule has 206 valence electrons. The molecule has 0 aliphatic carbocycles. The van der Waals surface area contributed by atoms with Crippen molar-refractivity contribution in [3.8, 4) is 0 Å². The minimum Gasteiger partial charge on any atom is -0.357 e. The molecule has 3 aromatic rings. The van der Waals surface area contributed by atoms with Gasteiger partial charge in [-0.3, -0.25) is 24.0 Å². The van der Waals surface area contributed by atoms with E-state index in [0.29, 0.717) is 10.6 Å². The lowest BCUT2D eigenvalue weighted by atomic mass is 10.1. The molecule has 0 aliphatic heterocycles. The number of non-ortho nitro benzene ring substituents is 1. The summed E-state index contributed by atoms with van der Waals surface area (Å²) in [5, 5.41) is 14.6. The van der Waals surface area contributed by atoms with E-state index in [4.69, 9.17) is 23.2 Å². The fourth-order valence-electron chi connectivity index (χ4n) is 3.93. The van der Waals surface area contributed by atoms with Gasteiger partial charge in [0.1, 0.15) is 12.6 Å². The summed E-state index contributed by atoms with van der Waals surface area (Å²) in [5.41, 5.74) is 0.0539. The van der Waals surface area contributed by atoms with Crippen molar-refractivity contribution in [2.24, 2.45) is 0 Å². The number of hydrogen-bond donors (Lipinski definition) is 1. The molecule has 39 heavy (non-hydrogen) atoms. The standard InChI is InChI=1S/C26H26Cl2N4O6S/c1-3-24(26(34)29-2)30(16-18-12-13-19(27)14-23(18)28)25(33)17-31(20-8-7-9-21(15-20)32(35)36)39(37,38)22-10-5-4-6-11-22/h4-15,24H,3,16-17H2,1-2H3,(H,29,34). The van der Waals surface area contributed by atoms with Crippen molar-refractivity contribution in [2.45, 2.75) is 30.8 Å². The number of carbonyl (C=O) groups is 2. The van der Waals surface area contributed by atoms with Crippen LogP contribution in [0, 0.1) is 10.1 Å². The van der Waals surface area contributed by atoms with Crippen molar-refractivity contribution in [3.63, 3.8) is 0 Å². The third-order valence-corrected chi connectivity index (χ3v) is 8.30. The van der Waals surface area contributed by atoms with Crippen molar-refractivity contribution in [1.82, 2.24) is 10.2 Å². The van der Waals surface area contributed by atoms with Gasteiger partial charge in [0.05, 0.1) is 15.5 Å². The molecule has 0 fully saturated rings. The molecule has 0 saturated carbocycles. The minimum absolute atomic E-state index is 0.0844. The van der Waals surface area contributed by atoms with Crippen molar-refractivity contribution in [2.75, 3.05) is 17.9 Å². The van der Waals surface area contributed by atoms with Crippen LogP contribution < -0.4 is 9.62 Å². The molecule has 13 heteroatoms. The summed E-state index contributed by atoms with van der Waals surface area (Å²) in [6.07, 6.45) is 0.221. The predicted molar refractivity (Wildman–Crippen MR) is 149 cm³/mol. The smallest absolute Gasteiger partial charge is 0.271 e. The van der Waals surface area contributed by atoms with Gasteiger partial charge in [0, 0.05) is 35.8 Å². The Morgan fingerprint density at radius 3 is 2.31 bits per heavy atom. The Labute approximate surface area is 236 Å². The molecule has 0 bridgehead atoms. The van der Waals surface area contributed by atoms with Crippen LogP contribution in [-0.2, 0) is 26.2 Å². The van der Waals surface area contributed by atoms with Gasteiger partial charge >= 0.3 is 0 Å². The van der Waals surface area contributed by atoms with Crippen LogP contribution in [0.25, 0.3) is 0 Å². The van der Waals surface area contributed by atoms with Crippen molar-refractivity contribution in [3.05, 3.63) is 98.5 Å². The lowest BCUT2D eigenvalue weighted by Gasteiger charge is -2.33. The van der Waals surface area contributed by atoms with Crippen LogP contribution in [0.4, 0.5) is 11.4 Å². The first-order valence-corrected chi connectivity index (χ1v) is 14.0. The Morgan fingerprint density at radius 2 is 1.72 bits per heavy atom. The van der Waals surface area contributed by atoms with Crippen LogP contribution in [0.3, 0.4) is 0 Å². The van der Waals surface area contributed by atoms with Gasteiger partial charge in [-0.15, -0.1) is 0 Å². The number of nitro benzene ring substituents is 1. The molecule has 1 atom stereocenters. The highest BCUT2D eigenvalue weighted by Crippen LogP contribution is 2.28. The summed E-state index contributed by atoms with van der Waals surface area (Å²) >= 11 is 12.4. The number of nitro groups is 1. The molecule has 0 aliphatic rings. The Hall–Kier alpha value is -3.67. The monoisotopic (exact) mass is 592 g/mol. The number of halogens is 2. The van der Waals surface area contributed by atoms with Crippen LogP contribution in [0.2, 0.25) is 10.0 Å². The SMILES string of the molecule is CCC(C(=O)NC)N(Cc1ccc(Cl)cc1Cl)C(=O)CN(c1cccc([N+](=O)[O-])c1)S(=O)(=O)c1ccccc1. The number of sulfonamides is 1. The molecular formula is C26H26Cl2N4O6S. The van der Waals surface area contributed by atoms with Crippen LogP contribution in [0.1, 0.15) is 18.9 Å². The number of likely N-dealkylation sites (N-methyl/N-ethyl adjacent to an activating group) is 1. The lowest BCUT2D eigenvalue weighted by Crippen LogP contribution is -2.51. The molecule has 0 spiro atoms. The summed E-state index contributed by atoms with van der Waals surface area (Å²) in [6.45, 7) is 0.856. The minimum atomic E-state index is -4.35. The van der Waals surface area contributed by atoms with Gasteiger partial charge < -0.3 is 10.2 Å². The highest BCUT2D eigenvalue weighted by Gasteiger charge is 2.34. The van der Waals surface area contributed by atoms with E-state index in [2.05, 4.69) is 5.32 Å². The summed E-state index contributed by atoms with van der Waals surface area (Å²) in [5.74, 6) is -1.17. The number of carbonyl (C=O) groups excluding carboxylic acids is 2. The molecule has 1 N–H and O–H groups in total. The van der Waals surface area contributed by atoms with Gasteiger partial charge in [0.2, 0.25) is 11.8 Å². The Bertz CT molecular complexity index is 1470. The number of amides is 2. The van der Waals surface area contributed by atoms with Crippen LogP contribution in [0.15, 0.2) is 77.7 Å². The summed E-state index contributed by atoms with van der Waals surface area (Å²) < 4.78 is 28.2. The van der Waals surface area contributed by atoms with Gasteiger partial charge in [-0.1, -0.05) is 60.5 Å². The van der Waals surface area contributed by atoms with Crippen LogP contribution in [-0.4, -0.2) is 49.7 Å². The van der Waals surface area contributed by atoms with Crippen molar-refractivity contribution in [1.29, 1.82) is 0 Å². The van der Waals surface area contributed by atoms with E-state index in [0.717, 1.165) is 10.4 Å².